The first-order valence-electron chi connectivity index (χ1n) is 10.6. The normalized spacial score (nSPS) is 17.6. The van der Waals surface area contributed by atoms with Crippen molar-refractivity contribution in [3.8, 4) is 0 Å². The number of ketones is 1. The van der Waals surface area contributed by atoms with Gasteiger partial charge in [-0.1, -0.05) is 42.5 Å². The van der Waals surface area contributed by atoms with Crippen molar-refractivity contribution >= 4 is 44.1 Å². The van der Waals surface area contributed by atoms with Gasteiger partial charge in [0.05, 0.1) is 21.8 Å². The van der Waals surface area contributed by atoms with Crippen molar-refractivity contribution in [3.63, 3.8) is 0 Å². The molecule has 2 heterocycles. The van der Waals surface area contributed by atoms with Crippen molar-refractivity contribution in [2.75, 3.05) is 4.90 Å². The number of thiazole rings is 1. The van der Waals surface area contributed by atoms with Crippen LogP contribution in [-0.4, -0.2) is 21.8 Å². The first-order chi connectivity index (χ1) is 16.4. The maximum absolute atomic E-state index is 13.7. The molecule has 1 amide bonds. The third kappa shape index (κ3) is 3.66. The van der Waals surface area contributed by atoms with Crippen LogP contribution in [0.3, 0.4) is 0 Å². The van der Waals surface area contributed by atoms with Gasteiger partial charge in [-0.3, -0.25) is 14.5 Å². The molecular weight excluding hydrogens is 458 g/mol. The zero-order chi connectivity index (χ0) is 24.0. The lowest BCUT2D eigenvalue weighted by atomic mass is 9.94. The molecular formula is C26H18F2N2O3S. The molecule has 34 heavy (non-hydrogen) atoms. The summed E-state index contributed by atoms with van der Waals surface area (Å²) in [5.41, 5.74) is 2.24. The Balaban J connectivity index is 1.72. The quantitative estimate of drug-likeness (QED) is 0.231. The second kappa shape index (κ2) is 8.46. The van der Waals surface area contributed by atoms with Crippen LogP contribution in [0, 0.1) is 11.6 Å². The Morgan fingerprint density at radius 2 is 1.68 bits per heavy atom. The first-order valence-corrected chi connectivity index (χ1v) is 11.4. The molecule has 8 heteroatoms. The Bertz CT molecular complexity index is 1460. The van der Waals surface area contributed by atoms with Crippen LogP contribution in [0.4, 0.5) is 13.9 Å². The van der Waals surface area contributed by atoms with Crippen molar-refractivity contribution in [1.29, 1.82) is 0 Å². The molecule has 0 spiro atoms. The number of Topliss-reactive ketones (excluding diaryl/α,β-unsaturated/α-hetero) is 1. The second-order valence-electron chi connectivity index (χ2n) is 7.88. The molecule has 1 atom stereocenters. The number of rotatable bonds is 4. The number of aliphatic hydroxyl groups excluding tert-OH is 1. The lowest BCUT2D eigenvalue weighted by Gasteiger charge is -2.23. The Kier molecular flexibility index (Phi) is 5.45. The molecule has 0 radical (unpaired) electrons. The van der Waals surface area contributed by atoms with E-state index in [-0.39, 0.29) is 16.3 Å². The van der Waals surface area contributed by atoms with E-state index in [0.717, 1.165) is 35.5 Å². The molecule has 170 valence electrons. The second-order valence-corrected chi connectivity index (χ2v) is 8.89. The highest BCUT2D eigenvalue weighted by Crippen LogP contribution is 2.44. The number of hydrogen-bond acceptors (Lipinski definition) is 5. The highest BCUT2D eigenvalue weighted by atomic mass is 32.1. The van der Waals surface area contributed by atoms with Gasteiger partial charge in [0.1, 0.15) is 17.4 Å². The lowest BCUT2D eigenvalue weighted by Crippen LogP contribution is -2.29. The van der Waals surface area contributed by atoms with E-state index in [2.05, 4.69) is 4.98 Å². The molecule has 5 rings (SSSR count). The predicted molar refractivity (Wildman–Crippen MR) is 127 cm³/mol. The number of carbonyl (C=O) groups excluding carboxylic acids is 2. The molecule has 0 aliphatic carbocycles. The Hall–Kier alpha value is -3.91. The number of aromatic nitrogens is 1. The fraction of sp³-hybridized carbons (Fsp3) is 0.115. The van der Waals surface area contributed by atoms with E-state index < -0.39 is 35.1 Å². The van der Waals surface area contributed by atoms with Crippen molar-refractivity contribution < 1.29 is 23.5 Å². The summed E-state index contributed by atoms with van der Waals surface area (Å²) in [5.74, 6) is -3.07. The maximum atomic E-state index is 13.7. The summed E-state index contributed by atoms with van der Waals surface area (Å²) in [6, 6.07) is 15.5. The largest absolute Gasteiger partial charge is 0.507 e. The summed E-state index contributed by atoms with van der Waals surface area (Å²) in [4.78, 5) is 32.1. The zero-order valence-electron chi connectivity index (χ0n) is 18.0. The minimum atomic E-state index is -0.957. The van der Waals surface area contributed by atoms with Crippen LogP contribution < -0.4 is 4.90 Å². The minimum absolute atomic E-state index is 0.119. The van der Waals surface area contributed by atoms with E-state index >= 15 is 0 Å². The van der Waals surface area contributed by atoms with E-state index in [1.807, 2.05) is 19.1 Å². The average molecular weight is 477 g/mol. The van der Waals surface area contributed by atoms with Gasteiger partial charge >= 0.3 is 5.91 Å². The number of carbonyl (C=O) groups is 2. The molecule has 4 aromatic rings. The molecule has 1 N–H and O–H groups in total. The summed E-state index contributed by atoms with van der Waals surface area (Å²) >= 11 is 1.08. The Labute approximate surface area is 197 Å². The monoisotopic (exact) mass is 476 g/mol. The molecule has 1 fully saturated rings. The van der Waals surface area contributed by atoms with Gasteiger partial charge < -0.3 is 5.11 Å². The van der Waals surface area contributed by atoms with Crippen LogP contribution in [0.1, 0.15) is 29.7 Å². The number of nitrogens with zero attached hydrogens (tertiary/aromatic N) is 2. The summed E-state index contributed by atoms with van der Waals surface area (Å²) in [7, 11) is 0. The Morgan fingerprint density at radius 3 is 2.35 bits per heavy atom. The van der Waals surface area contributed by atoms with Crippen LogP contribution in [0.2, 0.25) is 0 Å². The van der Waals surface area contributed by atoms with E-state index in [9.17, 15) is 23.5 Å². The number of anilines is 1. The van der Waals surface area contributed by atoms with Crippen LogP contribution in [0.15, 0.2) is 72.3 Å². The smallest absolute Gasteiger partial charge is 0.301 e. The van der Waals surface area contributed by atoms with Gasteiger partial charge in [-0.15, -0.1) is 0 Å². The molecule has 3 aromatic carbocycles. The number of halogens is 2. The van der Waals surface area contributed by atoms with Gasteiger partial charge in [-0.05, 0) is 60.0 Å². The SMILES string of the molecule is CCc1ccc(C2C(=C(O)c3ccc(F)cc3)C(=O)C(=O)N2c2nc3ccc(F)cc3s2)cc1. The number of amides is 1. The van der Waals surface area contributed by atoms with E-state index in [4.69, 9.17) is 0 Å². The predicted octanol–water partition coefficient (Wildman–Crippen LogP) is 5.76. The lowest BCUT2D eigenvalue weighted by molar-refractivity contribution is -0.132. The number of benzene rings is 3. The van der Waals surface area contributed by atoms with E-state index in [0.29, 0.717) is 15.8 Å². The molecule has 1 aliphatic heterocycles. The fourth-order valence-electron chi connectivity index (χ4n) is 4.03. The summed E-state index contributed by atoms with van der Waals surface area (Å²) in [6.45, 7) is 2.01. The number of hydrogen-bond donors (Lipinski definition) is 1. The van der Waals surface area contributed by atoms with Gasteiger partial charge in [-0.25, -0.2) is 13.8 Å². The summed E-state index contributed by atoms with van der Waals surface area (Å²) in [6.07, 6.45) is 0.805. The fourth-order valence-corrected chi connectivity index (χ4v) is 5.05. The van der Waals surface area contributed by atoms with Crippen LogP contribution >= 0.6 is 11.3 Å². The van der Waals surface area contributed by atoms with Crippen molar-refractivity contribution in [2.45, 2.75) is 19.4 Å². The molecule has 0 saturated carbocycles. The highest BCUT2D eigenvalue weighted by molar-refractivity contribution is 7.22. The standard InChI is InChI=1S/C26H18F2N2O3S/c1-2-14-3-5-15(6-4-14)22-21(23(31)16-7-9-17(27)10-8-16)24(32)25(33)30(22)26-29-19-12-11-18(28)13-20(19)34-26/h3-13,22,31H,2H2,1H3. The van der Waals surface area contributed by atoms with Crippen LogP contribution in [0.25, 0.3) is 16.0 Å². The average Bonchev–Trinajstić information content (AvgIpc) is 3.37. The van der Waals surface area contributed by atoms with Gasteiger partial charge in [0.15, 0.2) is 5.13 Å². The van der Waals surface area contributed by atoms with Gasteiger partial charge in [0, 0.05) is 5.56 Å². The molecule has 1 unspecified atom stereocenters. The third-order valence-corrected chi connectivity index (χ3v) is 6.83. The zero-order valence-corrected chi connectivity index (χ0v) is 18.8. The molecule has 1 aliphatic rings. The van der Waals surface area contributed by atoms with Gasteiger partial charge in [-0.2, -0.15) is 0 Å². The first kappa shape index (κ1) is 21.9. The van der Waals surface area contributed by atoms with Gasteiger partial charge in [0.2, 0.25) is 0 Å². The van der Waals surface area contributed by atoms with Crippen molar-refractivity contribution in [1.82, 2.24) is 4.98 Å². The Morgan fingerprint density at radius 1 is 1.00 bits per heavy atom. The van der Waals surface area contributed by atoms with E-state index in [1.54, 1.807) is 12.1 Å². The highest BCUT2D eigenvalue weighted by Gasteiger charge is 2.48. The minimum Gasteiger partial charge on any atom is -0.507 e. The third-order valence-electron chi connectivity index (χ3n) is 5.81. The number of fused-ring (bicyclic) bond motifs is 1. The van der Waals surface area contributed by atoms with Crippen LogP contribution in [0.5, 0.6) is 0 Å². The summed E-state index contributed by atoms with van der Waals surface area (Å²) < 4.78 is 27.7. The van der Waals surface area contributed by atoms with Crippen molar-refractivity contribution in [3.05, 3.63) is 101 Å². The van der Waals surface area contributed by atoms with Crippen LogP contribution in [-0.2, 0) is 16.0 Å². The molecule has 0 bridgehead atoms. The summed E-state index contributed by atoms with van der Waals surface area (Å²) in [5, 5.41) is 11.3. The molecule has 1 saturated heterocycles. The topological polar surface area (TPSA) is 70.5 Å². The van der Waals surface area contributed by atoms with Gasteiger partial charge in [0.25, 0.3) is 5.78 Å². The van der Waals surface area contributed by atoms with Crippen molar-refractivity contribution in [2.24, 2.45) is 0 Å². The van der Waals surface area contributed by atoms with E-state index in [1.165, 1.54) is 35.2 Å². The number of aryl methyl sites for hydroxylation is 1. The number of aliphatic hydroxyl groups is 1. The molecule has 5 nitrogen and oxygen atoms in total. The molecule has 1 aromatic heterocycles. The maximum Gasteiger partial charge on any atom is 0.301 e.